The summed E-state index contributed by atoms with van der Waals surface area (Å²) in [5.41, 5.74) is 2.97. The Bertz CT molecular complexity index is 1450. The minimum atomic E-state index is -0.379. The molecule has 0 aliphatic carbocycles. The van der Waals surface area contributed by atoms with Gasteiger partial charge in [0.25, 0.3) is 0 Å². The van der Waals surface area contributed by atoms with Crippen molar-refractivity contribution in [3.8, 4) is 0 Å². The van der Waals surface area contributed by atoms with Gasteiger partial charge >= 0.3 is 6.09 Å². The van der Waals surface area contributed by atoms with Crippen LogP contribution in [0.3, 0.4) is 0 Å². The van der Waals surface area contributed by atoms with Gasteiger partial charge in [-0.25, -0.2) is 19.7 Å². The Morgan fingerprint density at radius 1 is 1.20 bits per heavy atom. The SMILES string of the molecule is CCOCCn1nc(C(C)Cl)c2nc(N3CCN(C(=O)OCc4ccccc4)C(C)C3)nc(Nc3ccncn3)c21. The van der Waals surface area contributed by atoms with Gasteiger partial charge in [-0.3, -0.25) is 4.68 Å². The van der Waals surface area contributed by atoms with Crippen LogP contribution in [0.1, 0.15) is 37.4 Å². The highest BCUT2D eigenvalue weighted by Gasteiger charge is 2.31. The molecular weight excluding hydrogens is 546 g/mol. The average Bonchev–Trinajstić information content (AvgIpc) is 3.36. The van der Waals surface area contributed by atoms with Gasteiger partial charge in [-0.05, 0) is 32.4 Å². The highest BCUT2D eigenvalue weighted by Crippen LogP contribution is 2.33. The second-order valence-electron chi connectivity index (χ2n) is 9.74. The van der Waals surface area contributed by atoms with Gasteiger partial charge in [-0.2, -0.15) is 10.1 Å². The van der Waals surface area contributed by atoms with E-state index in [4.69, 9.17) is 36.1 Å². The van der Waals surface area contributed by atoms with E-state index in [9.17, 15) is 4.79 Å². The first-order chi connectivity index (χ1) is 19.9. The molecule has 0 saturated carbocycles. The highest BCUT2D eigenvalue weighted by molar-refractivity contribution is 6.21. The molecule has 1 amide bonds. The van der Waals surface area contributed by atoms with E-state index in [1.165, 1.54) is 6.33 Å². The van der Waals surface area contributed by atoms with E-state index in [0.29, 0.717) is 73.7 Å². The zero-order valence-corrected chi connectivity index (χ0v) is 24.2. The summed E-state index contributed by atoms with van der Waals surface area (Å²) in [5, 5.41) is 7.73. The zero-order valence-electron chi connectivity index (χ0n) is 23.4. The maximum absolute atomic E-state index is 12.9. The van der Waals surface area contributed by atoms with Crippen LogP contribution in [-0.4, -0.2) is 79.6 Å². The fourth-order valence-corrected chi connectivity index (χ4v) is 4.89. The van der Waals surface area contributed by atoms with E-state index in [-0.39, 0.29) is 24.1 Å². The van der Waals surface area contributed by atoms with Crippen LogP contribution in [0.2, 0.25) is 0 Å². The number of carbonyl (C=O) groups excluding carboxylic acids is 1. The molecule has 1 aliphatic heterocycles. The summed E-state index contributed by atoms with van der Waals surface area (Å²) in [4.78, 5) is 34.9. The summed E-state index contributed by atoms with van der Waals surface area (Å²) in [6.45, 7) is 9.19. The van der Waals surface area contributed by atoms with E-state index < -0.39 is 0 Å². The van der Waals surface area contributed by atoms with Gasteiger partial charge in [-0.15, -0.1) is 11.6 Å². The fourth-order valence-electron chi connectivity index (χ4n) is 4.75. The number of nitrogens with one attached hydrogen (secondary N) is 1. The maximum Gasteiger partial charge on any atom is 0.410 e. The molecule has 1 saturated heterocycles. The van der Waals surface area contributed by atoms with Gasteiger partial charge in [0, 0.05) is 38.5 Å². The number of hydrogen-bond donors (Lipinski definition) is 1. The molecule has 1 fully saturated rings. The number of halogens is 1. The third kappa shape index (κ3) is 6.66. The Morgan fingerprint density at radius 3 is 2.73 bits per heavy atom. The minimum absolute atomic E-state index is 0.120. The van der Waals surface area contributed by atoms with E-state index in [1.807, 2.05) is 55.8 Å². The van der Waals surface area contributed by atoms with Crippen molar-refractivity contribution in [3.05, 3.63) is 60.2 Å². The van der Waals surface area contributed by atoms with Gasteiger partial charge in [0.05, 0.1) is 18.5 Å². The minimum Gasteiger partial charge on any atom is -0.445 e. The monoisotopic (exact) mass is 579 g/mol. The molecule has 4 aromatic rings. The number of benzene rings is 1. The predicted molar refractivity (Wildman–Crippen MR) is 156 cm³/mol. The lowest BCUT2D eigenvalue weighted by molar-refractivity contribution is 0.0793. The van der Waals surface area contributed by atoms with Crippen molar-refractivity contribution in [3.63, 3.8) is 0 Å². The van der Waals surface area contributed by atoms with Crippen molar-refractivity contribution < 1.29 is 14.3 Å². The molecule has 2 unspecified atom stereocenters. The number of nitrogens with zero attached hydrogens (tertiary/aromatic N) is 8. The van der Waals surface area contributed by atoms with Crippen molar-refractivity contribution >= 4 is 46.3 Å². The molecule has 1 aliphatic rings. The predicted octanol–water partition coefficient (Wildman–Crippen LogP) is 4.54. The Morgan fingerprint density at radius 2 is 2.02 bits per heavy atom. The number of anilines is 3. The van der Waals surface area contributed by atoms with E-state index in [1.54, 1.807) is 17.2 Å². The van der Waals surface area contributed by atoms with E-state index >= 15 is 0 Å². The Kier molecular flexibility index (Phi) is 9.10. The summed E-state index contributed by atoms with van der Waals surface area (Å²) in [7, 11) is 0. The molecule has 1 N–H and O–H groups in total. The first-order valence-electron chi connectivity index (χ1n) is 13.7. The van der Waals surface area contributed by atoms with Crippen LogP contribution >= 0.6 is 11.6 Å². The molecule has 3 aromatic heterocycles. The molecule has 1 aromatic carbocycles. The van der Waals surface area contributed by atoms with Crippen LogP contribution < -0.4 is 10.2 Å². The molecule has 216 valence electrons. The van der Waals surface area contributed by atoms with Crippen LogP contribution in [0.4, 0.5) is 22.4 Å². The molecule has 13 heteroatoms. The number of alkyl halides is 1. The summed E-state index contributed by atoms with van der Waals surface area (Å²) in [6, 6.07) is 11.3. The van der Waals surface area contributed by atoms with Gasteiger partial charge < -0.3 is 24.6 Å². The Hall–Kier alpha value is -4.03. The number of ether oxygens (including phenoxy) is 2. The lowest BCUT2D eigenvalue weighted by Crippen LogP contribution is -2.54. The van der Waals surface area contributed by atoms with Gasteiger partial charge in [0.15, 0.2) is 5.82 Å². The van der Waals surface area contributed by atoms with E-state index in [0.717, 1.165) is 5.56 Å². The van der Waals surface area contributed by atoms with Gasteiger partial charge in [-0.1, -0.05) is 30.3 Å². The lowest BCUT2D eigenvalue weighted by Gasteiger charge is -2.39. The first-order valence-corrected chi connectivity index (χ1v) is 14.1. The largest absolute Gasteiger partial charge is 0.445 e. The summed E-state index contributed by atoms with van der Waals surface area (Å²) < 4.78 is 13.0. The summed E-state index contributed by atoms with van der Waals surface area (Å²) in [5.74, 6) is 1.65. The van der Waals surface area contributed by atoms with Crippen molar-refractivity contribution in [1.29, 1.82) is 0 Å². The maximum atomic E-state index is 12.9. The quantitative estimate of drug-likeness (QED) is 0.211. The smallest absolute Gasteiger partial charge is 0.410 e. The Balaban J connectivity index is 1.42. The van der Waals surface area contributed by atoms with Crippen molar-refractivity contribution in [2.45, 2.75) is 45.3 Å². The van der Waals surface area contributed by atoms with E-state index in [2.05, 4.69) is 20.2 Å². The molecule has 0 spiro atoms. The van der Waals surface area contributed by atoms with Gasteiger partial charge in [0.2, 0.25) is 5.95 Å². The number of amides is 1. The second-order valence-corrected chi connectivity index (χ2v) is 10.4. The molecule has 12 nitrogen and oxygen atoms in total. The van der Waals surface area contributed by atoms with Crippen LogP contribution in [0.15, 0.2) is 48.9 Å². The third-order valence-electron chi connectivity index (χ3n) is 6.81. The molecule has 2 atom stereocenters. The van der Waals surface area contributed by atoms with Crippen LogP contribution in [0.25, 0.3) is 11.0 Å². The number of aromatic nitrogens is 6. The molecule has 5 rings (SSSR count). The normalized spacial score (nSPS) is 16.1. The van der Waals surface area contributed by atoms with Crippen LogP contribution in [0, 0.1) is 0 Å². The zero-order chi connectivity index (χ0) is 28.8. The number of rotatable bonds is 10. The number of carbonyl (C=O) groups is 1. The number of fused-ring (bicyclic) bond motifs is 1. The fraction of sp³-hybridized carbons (Fsp3) is 0.429. The van der Waals surface area contributed by atoms with Crippen LogP contribution in [-0.2, 0) is 22.6 Å². The average molecular weight is 580 g/mol. The second kappa shape index (κ2) is 13.1. The van der Waals surface area contributed by atoms with Gasteiger partial charge in [0.1, 0.15) is 35.5 Å². The lowest BCUT2D eigenvalue weighted by atomic mass is 10.2. The third-order valence-corrected chi connectivity index (χ3v) is 7.01. The molecule has 41 heavy (non-hydrogen) atoms. The standard InChI is InChI=1S/C28H34ClN9O3/c1-4-40-15-14-38-25-24(23(35-38)20(3)29)33-27(34-26(25)32-22-10-11-30-18-31-22)36-12-13-37(19(2)16-36)28(39)41-17-21-8-6-5-7-9-21/h5-11,18-20H,4,12-17H2,1-3H3,(H,30,31,32,33,34). The molecule has 0 bridgehead atoms. The molecule has 4 heterocycles. The summed E-state index contributed by atoms with van der Waals surface area (Å²) >= 11 is 6.58. The van der Waals surface area contributed by atoms with Crippen molar-refractivity contribution in [2.24, 2.45) is 0 Å². The summed E-state index contributed by atoms with van der Waals surface area (Å²) in [6.07, 6.45) is 2.79. The van der Waals surface area contributed by atoms with Crippen molar-refractivity contribution in [2.75, 3.05) is 43.1 Å². The molecule has 0 radical (unpaired) electrons. The Labute approximate surface area is 243 Å². The van der Waals surface area contributed by atoms with Crippen LogP contribution in [0.5, 0.6) is 0 Å². The molecular formula is C28H34ClN9O3. The highest BCUT2D eigenvalue weighted by atomic mass is 35.5. The van der Waals surface area contributed by atoms with Crippen molar-refractivity contribution in [1.82, 2.24) is 34.6 Å². The topological polar surface area (TPSA) is 123 Å². The number of piperazine rings is 1. The first kappa shape index (κ1) is 28.5. The number of hydrogen-bond acceptors (Lipinski definition) is 10.